The molecule has 1 aliphatic rings. The van der Waals surface area contributed by atoms with Crippen LogP contribution in [0, 0.1) is 25.6 Å². The highest BCUT2D eigenvalue weighted by atomic mass is 19.1. The van der Waals surface area contributed by atoms with Crippen LogP contribution in [0.15, 0.2) is 48.9 Å². The summed E-state index contributed by atoms with van der Waals surface area (Å²) >= 11 is 0. The Morgan fingerprint density at radius 1 is 1.14 bits per heavy atom. The topological polar surface area (TPSA) is 67.2 Å². The molecule has 1 aliphatic heterocycles. The van der Waals surface area contributed by atoms with Crippen molar-refractivity contribution in [3.05, 3.63) is 82.8 Å². The van der Waals surface area contributed by atoms with E-state index >= 15 is 0 Å². The van der Waals surface area contributed by atoms with Crippen molar-refractivity contribution in [2.45, 2.75) is 46.7 Å². The summed E-state index contributed by atoms with van der Waals surface area (Å²) < 4.78 is 16.3. The average molecular weight is 501 g/mol. The van der Waals surface area contributed by atoms with Gasteiger partial charge in [0.05, 0.1) is 34.4 Å². The molecule has 0 saturated carbocycles. The van der Waals surface area contributed by atoms with Crippen LogP contribution in [0.5, 0.6) is 0 Å². The zero-order valence-corrected chi connectivity index (χ0v) is 22.1. The summed E-state index contributed by atoms with van der Waals surface area (Å²) in [6.45, 7) is 10.7. The monoisotopic (exact) mass is 500 g/mol. The molecule has 0 radical (unpaired) electrons. The second-order valence-electron chi connectivity index (χ2n) is 10.5. The maximum absolute atomic E-state index is 14.3. The lowest BCUT2D eigenvalue weighted by Crippen LogP contribution is -2.46. The van der Waals surface area contributed by atoms with E-state index in [4.69, 9.17) is 0 Å². The molecule has 3 aromatic heterocycles. The van der Waals surface area contributed by atoms with Crippen LogP contribution in [-0.2, 0) is 13.0 Å². The molecule has 0 spiro atoms. The number of nitrogens with zero attached hydrogens (tertiary/aromatic N) is 6. The van der Waals surface area contributed by atoms with Gasteiger partial charge in [-0.3, -0.25) is 14.7 Å². The molecule has 192 valence electrons. The van der Waals surface area contributed by atoms with E-state index in [-0.39, 0.29) is 11.9 Å². The zero-order chi connectivity index (χ0) is 26.3. The minimum absolute atomic E-state index is 0.00283. The minimum atomic E-state index is -0.428. The fourth-order valence-corrected chi connectivity index (χ4v) is 5.10. The van der Waals surface area contributed by atoms with Crippen LogP contribution in [0.25, 0.3) is 16.6 Å². The highest BCUT2D eigenvalue weighted by molar-refractivity contribution is 5.99. The molecular weight excluding hydrogens is 467 g/mol. The molecule has 7 nitrogen and oxygen atoms in total. The number of pyridine rings is 1. The largest absolute Gasteiger partial charge is 0.339 e. The number of aromatic nitrogens is 4. The quantitative estimate of drug-likeness (QED) is 0.367. The predicted octanol–water partition coefficient (Wildman–Crippen LogP) is 4.73. The fourth-order valence-electron chi connectivity index (χ4n) is 5.10. The maximum atomic E-state index is 14.3. The van der Waals surface area contributed by atoms with E-state index < -0.39 is 5.82 Å². The second kappa shape index (κ2) is 10.0. The number of benzene rings is 1. The number of fused-ring (bicyclic) bond motifs is 1. The molecule has 4 heterocycles. The highest BCUT2D eigenvalue weighted by Crippen LogP contribution is 2.32. The van der Waals surface area contributed by atoms with Gasteiger partial charge in [-0.15, -0.1) is 0 Å². The number of halogens is 1. The normalized spacial score (nSPS) is 14.4. The molecule has 4 aromatic rings. The zero-order valence-electron chi connectivity index (χ0n) is 22.1. The molecule has 0 aliphatic carbocycles. The lowest BCUT2D eigenvalue weighted by molar-refractivity contribution is 0.0754. The first-order chi connectivity index (χ1) is 17.7. The molecule has 5 rings (SSSR count). The molecule has 1 fully saturated rings. The van der Waals surface area contributed by atoms with Crippen molar-refractivity contribution in [1.29, 1.82) is 0 Å². The molecule has 37 heavy (non-hydrogen) atoms. The molecule has 0 N–H and O–H groups in total. The van der Waals surface area contributed by atoms with Crippen LogP contribution in [0.3, 0.4) is 0 Å². The van der Waals surface area contributed by atoms with Gasteiger partial charge in [0.2, 0.25) is 0 Å². The van der Waals surface area contributed by atoms with Crippen molar-refractivity contribution >= 4 is 16.8 Å². The van der Waals surface area contributed by atoms with E-state index in [1.54, 1.807) is 18.0 Å². The van der Waals surface area contributed by atoms with Crippen LogP contribution >= 0.6 is 0 Å². The number of rotatable bonds is 7. The van der Waals surface area contributed by atoms with Gasteiger partial charge in [-0.1, -0.05) is 0 Å². The van der Waals surface area contributed by atoms with Gasteiger partial charge >= 0.3 is 0 Å². The van der Waals surface area contributed by atoms with E-state index in [1.165, 1.54) is 17.7 Å². The number of hydrogen-bond donors (Lipinski definition) is 0. The number of hydrogen-bond acceptors (Lipinski definition) is 5. The molecule has 0 bridgehead atoms. The van der Waals surface area contributed by atoms with Crippen molar-refractivity contribution < 1.29 is 9.18 Å². The summed E-state index contributed by atoms with van der Waals surface area (Å²) in [5.74, 6) is -0.114. The molecule has 8 heteroatoms. The molecule has 1 saturated heterocycles. The number of aryl methyl sites for hydroxylation is 2. The number of carbonyl (C=O) groups excluding carboxylic acids is 1. The van der Waals surface area contributed by atoms with Gasteiger partial charge < -0.3 is 9.47 Å². The summed E-state index contributed by atoms with van der Waals surface area (Å²) in [5, 5.41) is 9.60. The van der Waals surface area contributed by atoms with Crippen molar-refractivity contribution in [3.8, 4) is 5.69 Å². The lowest BCUT2D eigenvalue weighted by atomic mass is 9.91. The van der Waals surface area contributed by atoms with Crippen molar-refractivity contribution in [2.24, 2.45) is 5.92 Å². The Kier molecular flexibility index (Phi) is 6.77. The van der Waals surface area contributed by atoms with E-state index in [2.05, 4.69) is 33.2 Å². The van der Waals surface area contributed by atoms with Crippen molar-refractivity contribution in [3.63, 3.8) is 0 Å². The van der Waals surface area contributed by atoms with Gasteiger partial charge in [-0.2, -0.15) is 10.2 Å². The minimum Gasteiger partial charge on any atom is -0.339 e. The van der Waals surface area contributed by atoms with E-state index in [1.807, 2.05) is 49.9 Å². The molecule has 1 aromatic carbocycles. The molecular formula is C29H33FN6O. The highest BCUT2D eigenvalue weighted by Gasteiger charge is 2.29. The third-order valence-electron chi connectivity index (χ3n) is 7.30. The van der Waals surface area contributed by atoms with Crippen LogP contribution < -0.4 is 0 Å². The Hall–Kier alpha value is -3.65. The molecule has 0 unspecified atom stereocenters. The van der Waals surface area contributed by atoms with E-state index in [9.17, 15) is 9.18 Å². The van der Waals surface area contributed by atoms with Gasteiger partial charge in [0.25, 0.3) is 5.91 Å². The van der Waals surface area contributed by atoms with Crippen LogP contribution in [-0.4, -0.2) is 61.6 Å². The van der Waals surface area contributed by atoms with Gasteiger partial charge in [-0.25, -0.2) is 4.39 Å². The first-order valence-corrected chi connectivity index (χ1v) is 12.7. The Labute approximate surface area is 216 Å². The number of likely N-dealkylation sites (tertiary alicyclic amines) is 1. The van der Waals surface area contributed by atoms with Gasteiger partial charge in [-0.05, 0) is 81.5 Å². The standard InChI is InChI=1S/C29H33FN6O/c1-18(2)34(5)29(37)25-11-23(30)7-9-26(25)36-16-22(28-19(3)12-31-13-27(28)36)10-21-14-35(15-21)17-24-8-6-20(4)32-33-24/h6-9,11-13,16,18,21H,10,14-15,17H2,1-5H3. The SMILES string of the molecule is Cc1ccc(CN2CC(Cc3cn(-c4ccc(F)cc4C(=O)N(C)C(C)C)c4cncc(C)c34)C2)nn1. The van der Waals surface area contributed by atoms with Gasteiger partial charge in [0.15, 0.2) is 0 Å². The maximum Gasteiger partial charge on any atom is 0.256 e. The summed E-state index contributed by atoms with van der Waals surface area (Å²) in [7, 11) is 1.75. The summed E-state index contributed by atoms with van der Waals surface area (Å²) in [4.78, 5) is 21.7. The molecule has 1 amide bonds. The smallest absolute Gasteiger partial charge is 0.256 e. The van der Waals surface area contributed by atoms with E-state index in [0.717, 1.165) is 53.9 Å². The van der Waals surface area contributed by atoms with Gasteiger partial charge in [0.1, 0.15) is 5.82 Å². The Balaban J connectivity index is 1.44. The third kappa shape index (κ3) is 4.98. The van der Waals surface area contributed by atoms with Crippen LogP contribution in [0.1, 0.15) is 46.7 Å². The van der Waals surface area contributed by atoms with Gasteiger partial charge in [0, 0.05) is 50.5 Å². The molecule has 0 atom stereocenters. The first kappa shape index (κ1) is 25.0. The Morgan fingerprint density at radius 2 is 1.92 bits per heavy atom. The third-order valence-corrected chi connectivity index (χ3v) is 7.30. The second-order valence-corrected chi connectivity index (χ2v) is 10.5. The van der Waals surface area contributed by atoms with E-state index in [0.29, 0.717) is 17.2 Å². The average Bonchev–Trinajstić information content (AvgIpc) is 3.22. The fraction of sp³-hybridized carbons (Fsp3) is 0.379. The van der Waals surface area contributed by atoms with Crippen LogP contribution in [0.4, 0.5) is 4.39 Å². The van der Waals surface area contributed by atoms with Crippen molar-refractivity contribution in [1.82, 2.24) is 29.5 Å². The lowest BCUT2D eigenvalue weighted by Gasteiger charge is -2.39. The number of carbonyl (C=O) groups is 1. The Morgan fingerprint density at radius 3 is 2.62 bits per heavy atom. The first-order valence-electron chi connectivity index (χ1n) is 12.7. The van der Waals surface area contributed by atoms with Crippen LogP contribution in [0.2, 0.25) is 0 Å². The number of amides is 1. The van der Waals surface area contributed by atoms with Crippen molar-refractivity contribution in [2.75, 3.05) is 20.1 Å². The summed E-state index contributed by atoms with van der Waals surface area (Å²) in [6, 6.07) is 8.47. The summed E-state index contributed by atoms with van der Waals surface area (Å²) in [6.07, 6.45) is 6.73. The predicted molar refractivity (Wildman–Crippen MR) is 142 cm³/mol. The Bertz CT molecular complexity index is 1440. The summed E-state index contributed by atoms with van der Waals surface area (Å²) in [5.41, 5.74) is 6.15.